The van der Waals surface area contributed by atoms with Gasteiger partial charge >= 0.3 is 0 Å². The largest absolute Gasteiger partial charge is 0.308 e. The standard InChI is InChI=1S/C38H23NS/c1-2-12-27-24(10-1)11-9-17-28(27)25-20-22-26(23-21-25)39-33-18-7-5-15-31(33)35-29-13-3-4-14-30(29)36-32-16-6-8-19-34(32)40-38(36)37(35)39/h1-23H. The number of benzene rings is 7. The molecule has 0 atom stereocenters. The van der Waals surface area contributed by atoms with Gasteiger partial charge in [0.1, 0.15) is 0 Å². The molecule has 0 saturated carbocycles. The highest BCUT2D eigenvalue weighted by Gasteiger charge is 2.21. The van der Waals surface area contributed by atoms with E-state index in [1.165, 1.54) is 80.3 Å². The van der Waals surface area contributed by atoms with Gasteiger partial charge in [0.2, 0.25) is 0 Å². The summed E-state index contributed by atoms with van der Waals surface area (Å²) in [5.41, 5.74) is 6.23. The Morgan fingerprint density at radius 3 is 1.90 bits per heavy atom. The Kier molecular flexibility index (Phi) is 4.55. The summed E-state index contributed by atoms with van der Waals surface area (Å²) in [7, 11) is 0. The van der Waals surface area contributed by atoms with Gasteiger partial charge in [-0.1, -0.05) is 115 Å². The molecule has 1 nitrogen and oxygen atoms in total. The highest BCUT2D eigenvalue weighted by molar-refractivity contribution is 7.27. The van der Waals surface area contributed by atoms with Crippen molar-refractivity contribution in [2.45, 2.75) is 0 Å². The zero-order chi connectivity index (χ0) is 26.2. The number of hydrogen-bond donors (Lipinski definition) is 0. The molecule has 0 aliphatic carbocycles. The molecule has 2 heterocycles. The van der Waals surface area contributed by atoms with Crippen molar-refractivity contribution < 1.29 is 0 Å². The molecule has 9 aromatic rings. The van der Waals surface area contributed by atoms with E-state index in [1.54, 1.807) is 0 Å². The zero-order valence-electron chi connectivity index (χ0n) is 21.6. The molecule has 186 valence electrons. The van der Waals surface area contributed by atoms with Crippen molar-refractivity contribution in [3.8, 4) is 16.8 Å². The summed E-state index contributed by atoms with van der Waals surface area (Å²) in [5, 5.41) is 10.5. The lowest BCUT2D eigenvalue weighted by Crippen LogP contribution is -1.94. The second-order valence-electron chi connectivity index (χ2n) is 10.5. The third-order valence-corrected chi connectivity index (χ3v) is 9.55. The second kappa shape index (κ2) is 8.29. The summed E-state index contributed by atoms with van der Waals surface area (Å²) >= 11 is 1.91. The third-order valence-electron chi connectivity index (χ3n) is 8.38. The summed E-state index contributed by atoms with van der Waals surface area (Å²) in [6, 6.07) is 51.0. The topological polar surface area (TPSA) is 4.93 Å². The van der Waals surface area contributed by atoms with Crippen molar-refractivity contribution in [2.75, 3.05) is 0 Å². The fourth-order valence-electron chi connectivity index (χ4n) is 6.66. The summed E-state index contributed by atoms with van der Waals surface area (Å²) in [6.45, 7) is 0. The van der Waals surface area contributed by atoms with Gasteiger partial charge in [0.15, 0.2) is 0 Å². The molecule has 0 spiro atoms. The molecule has 2 heteroatoms. The molecule has 2 aromatic heterocycles. The maximum Gasteiger partial charge on any atom is 0.0726 e. The second-order valence-corrected chi connectivity index (χ2v) is 11.5. The van der Waals surface area contributed by atoms with Gasteiger partial charge in [-0.25, -0.2) is 0 Å². The molecule has 0 amide bonds. The number of thiophene rings is 1. The Morgan fingerprint density at radius 2 is 1.07 bits per heavy atom. The van der Waals surface area contributed by atoms with Crippen LogP contribution in [0, 0.1) is 0 Å². The van der Waals surface area contributed by atoms with Gasteiger partial charge in [-0.05, 0) is 56.9 Å². The lowest BCUT2D eigenvalue weighted by molar-refractivity contribution is 1.19. The molecule has 0 bridgehead atoms. The quantitative estimate of drug-likeness (QED) is 0.211. The monoisotopic (exact) mass is 525 g/mol. The van der Waals surface area contributed by atoms with Gasteiger partial charge in [-0.15, -0.1) is 11.3 Å². The average Bonchev–Trinajstić information content (AvgIpc) is 3.58. The summed E-state index contributed by atoms with van der Waals surface area (Å²) in [6.07, 6.45) is 0. The van der Waals surface area contributed by atoms with Crippen LogP contribution in [0.25, 0.3) is 80.3 Å². The number of para-hydroxylation sites is 1. The fraction of sp³-hybridized carbons (Fsp3) is 0. The average molecular weight is 526 g/mol. The SMILES string of the molecule is c1ccc2c(-c3ccc(-n4c5ccccc5c5c6ccccc6c6c7ccccc7sc6c54)cc3)cccc2c1. The molecule has 0 aliphatic rings. The van der Waals surface area contributed by atoms with E-state index < -0.39 is 0 Å². The Labute approximate surface area is 235 Å². The first-order valence-electron chi connectivity index (χ1n) is 13.7. The predicted octanol–water partition coefficient (Wildman–Crippen LogP) is 11.1. The predicted molar refractivity (Wildman–Crippen MR) is 174 cm³/mol. The van der Waals surface area contributed by atoms with E-state index in [2.05, 4.69) is 144 Å². The molecule has 0 saturated heterocycles. The normalized spacial score (nSPS) is 12.0. The number of aromatic nitrogens is 1. The summed E-state index contributed by atoms with van der Waals surface area (Å²) in [4.78, 5) is 0. The van der Waals surface area contributed by atoms with Crippen LogP contribution in [-0.4, -0.2) is 4.57 Å². The van der Waals surface area contributed by atoms with Crippen LogP contribution >= 0.6 is 11.3 Å². The number of fused-ring (bicyclic) bond motifs is 11. The minimum Gasteiger partial charge on any atom is -0.308 e. The van der Waals surface area contributed by atoms with Crippen LogP contribution in [0.4, 0.5) is 0 Å². The Hall–Kier alpha value is -4.92. The Bertz CT molecular complexity index is 2420. The highest BCUT2D eigenvalue weighted by atomic mass is 32.1. The van der Waals surface area contributed by atoms with Crippen LogP contribution in [0.3, 0.4) is 0 Å². The van der Waals surface area contributed by atoms with Gasteiger partial charge < -0.3 is 4.57 Å². The molecule has 0 unspecified atom stereocenters. The van der Waals surface area contributed by atoms with Gasteiger partial charge in [0.05, 0.1) is 15.7 Å². The number of nitrogens with zero attached hydrogens (tertiary/aromatic N) is 1. The third kappa shape index (κ3) is 2.97. The van der Waals surface area contributed by atoms with Crippen LogP contribution in [0.2, 0.25) is 0 Å². The molecular formula is C38H23NS. The van der Waals surface area contributed by atoms with Crippen LogP contribution in [0.15, 0.2) is 140 Å². The number of hydrogen-bond acceptors (Lipinski definition) is 1. The van der Waals surface area contributed by atoms with Crippen LogP contribution in [0.1, 0.15) is 0 Å². The maximum atomic E-state index is 2.49. The zero-order valence-corrected chi connectivity index (χ0v) is 22.5. The van der Waals surface area contributed by atoms with Gasteiger partial charge in [0, 0.05) is 31.9 Å². The lowest BCUT2D eigenvalue weighted by atomic mass is 9.98. The summed E-state index contributed by atoms with van der Waals surface area (Å²) < 4.78 is 5.17. The van der Waals surface area contributed by atoms with Crippen molar-refractivity contribution in [1.29, 1.82) is 0 Å². The highest BCUT2D eigenvalue weighted by Crippen LogP contribution is 2.47. The first-order valence-corrected chi connectivity index (χ1v) is 14.5. The fourth-order valence-corrected chi connectivity index (χ4v) is 7.92. The van der Waals surface area contributed by atoms with Crippen molar-refractivity contribution in [1.82, 2.24) is 4.57 Å². The summed E-state index contributed by atoms with van der Waals surface area (Å²) in [5.74, 6) is 0. The van der Waals surface area contributed by atoms with Crippen molar-refractivity contribution in [2.24, 2.45) is 0 Å². The smallest absolute Gasteiger partial charge is 0.0726 e. The Balaban J connectivity index is 1.40. The van der Waals surface area contributed by atoms with E-state index in [-0.39, 0.29) is 0 Å². The van der Waals surface area contributed by atoms with Crippen molar-refractivity contribution in [3.63, 3.8) is 0 Å². The van der Waals surface area contributed by atoms with Crippen LogP contribution in [-0.2, 0) is 0 Å². The lowest BCUT2D eigenvalue weighted by Gasteiger charge is -2.12. The first kappa shape index (κ1) is 22.0. The first-order chi connectivity index (χ1) is 19.9. The number of rotatable bonds is 2. The molecular weight excluding hydrogens is 502 g/mol. The molecule has 40 heavy (non-hydrogen) atoms. The van der Waals surface area contributed by atoms with Gasteiger partial charge in [0.25, 0.3) is 0 Å². The van der Waals surface area contributed by atoms with E-state index in [0.29, 0.717) is 0 Å². The van der Waals surface area contributed by atoms with E-state index >= 15 is 0 Å². The maximum absolute atomic E-state index is 2.49. The van der Waals surface area contributed by atoms with E-state index in [4.69, 9.17) is 0 Å². The Morgan fingerprint density at radius 1 is 0.450 bits per heavy atom. The molecule has 9 rings (SSSR count). The van der Waals surface area contributed by atoms with Crippen molar-refractivity contribution in [3.05, 3.63) is 140 Å². The minimum atomic E-state index is 1.18. The van der Waals surface area contributed by atoms with E-state index in [9.17, 15) is 0 Å². The van der Waals surface area contributed by atoms with Crippen molar-refractivity contribution >= 4 is 74.9 Å². The molecule has 0 N–H and O–H groups in total. The van der Waals surface area contributed by atoms with Crippen LogP contribution < -0.4 is 0 Å². The van der Waals surface area contributed by atoms with E-state index in [1.807, 2.05) is 11.3 Å². The molecule has 7 aromatic carbocycles. The molecule has 0 aliphatic heterocycles. The van der Waals surface area contributed by atoms with Crippen LogP contribution in [0.5, 0.6) is 0 Å². The minimum absolute atomic E-state index is 1.18. The molecule has 0 radical (unpaired) electrons. The molecule has 0 fully saturated rings. The van der Waals surface area contributed by atoms with Gasteiger partial charge in [-0.3, -0.25) is 0 Å². The van der Waals surface area contributed by atoms with E-state index in [0.717, 1.165) is 0 Å². The van der Waals surface area contributed by atoms with Gasteiger partial charge in [-0.2, -0.15) is 0 Å².